The Morgan fingerprint density at radius 1 is 0.903 bits per heavy atom. The molecule has 1 aromatic heterocycles. The molecule has 10 heteroatoms. The normalized spacial score (nSPS) is 15.1. The summed E-state index contributed by atoms with van der Waals surface area (Å²) in [4.78, 5) is 2.04. The third-order valence-corrected chi connectivity index (χ3v) is 7.73. The molecule has 4 rings (SSSR count). The average molecular weight is 479 g/mol. The molecule has 2 heterocycles. The van der Waals surface area contributed by atoms with E-state index in [0.717, 1.165) is 17.0 Å². The van der Waals surface area contributed by atoms with Gasteiger partial charge in [0.15, 0.2) is 5.82 Å². The van der Waals surface area contributed by atoms with Crippen LogP contribution in [0.4, 0.5) is 5.82 Å². The Kier molecular flexibility index (Phi) is 6.34. The van der Waals surface area contributed by atoms with Gasteiger partial charge in [-0.1, -0.05) is 23.2 Å². The fraction of sp³-hybridized carbons (Fsp3) is 0.238. The number of hydrogen-bond acceptors (Lipinski definition) is 6. The first-order chi connectivity index (χ1) is 14.9. The minimum atomic E-state index is -3.73. The predicted octanol–water partition coefficient (Wildman–Crippen LogP) is 3.97. The first-order valence-electron chi connectivity index (χ1n) is 9.57. The number of piperazine rings is 1. The zero-order valence-corrected chi connectivity index (χ0v) is 19.0. The van der Waals surface area contributed by atoms with E-state index in [1.165, 1.54) is 16.4 Å². The lowest BCUT2D eigenvalue weighted by molar-refractivity contribution is 0.383. The predicted molar refractivity (Wildman–Crippen MR) is 121 cm³/mol. The molecule has 0 spiro atoms. The second kappa shape index (κ2) is 9.00. The van der Waals surface area contributed by atoms with Gasteiger partial charge >= 0.3 is 0 Å². The number of benzene rings is 2. The molecule has 1 saturated heterocycles. The highest BCUT2D eigenvalue weighted by molar-refractivity contribution is 7.89. The fourth-order valence-corrected chi connectivity index (χ4v) is 5.54. The summed E-state index contributed by atoms with van der Waals surface area (Å²) in [5.74, 6) is 1.48. The number of sulfonamides is 1. The van der Waals surface area contributed by atoms with Crippen molar-refractivity contribution in [1.82, 2.24) is 14.5 Å². The van der Waals surface area contributed by atoms with Gasteiger partial charge in [-0.05, 0) is 54.6 Å². The van der Waals surface area contributed by atoms with Crippen LogP contribution >= 0.6 is 23.2 Å². The van der Waals surface area contributed by atoms with Crippen LogP contribution in [-0.2, 0) is 10.0 Å². The van der Waals surface area contributed by atoms with Crippen LogP contribution in [0.25, 0.3) is 11.3 Å². The smallest absolute Gasteiger partial charge is 0.244 e. The summed E-state index contributed by atoms with van der Waals surface area (Å²) in [7, 11) is -2.10. The van der Waals surface area contributed by atoms with Crippen LogP contribution < -0.4 is 9.64 Å². The second-order valence-electron chi connectivity index (χ2n) is 6.97. The molecular weight excluding hydrogens is 459 g/mol. The van der Waals surface area contributed by atoms with Crippen molar-refractivity contribution in [2.24, 2.45) is 0 Å². The standard InChI is InChI=1S/C21H20Cl2N4O3S/c1-30-17-5-2-15(3-6-17)19-8-9-21(25-24-19)26-10-12-27(13-11-26)31(28,29)20-14-16(22)4-7-18(20)23/h2-9,14H,10-13H2,1H3. The molecule has 0 unspecified atom stereocenters. The zero-order valence-electron chi connectivity index (χ0n) is 16.7. The summed E-state index contributed by atoms with van der Waals surface area (Å²) < 4.78 is 32.5. The lowest BCUT2D eigenvalue weighted by atomic mass is 10.1. The van der Waals surface area contributed by atoms with E-state index < -0.39 is 10.0 Å². The minimum absolute atomic E-state index is 0.0266. The number of methoxy groups -OCH3 is 1. The van der Waals surface area contributed by atoms with Gasteiger partial charge < -0.3 is 9.64 Å². The first kappa shape index (κ1) is 21.8. The van der Waals surface area contributed by atoms with E-state index in [-0.39, 0.29) is 9.92 Å². The van der Waals surface area contributed by atoms with Gasteiger partial charge in [0.25, 0.3) is 0 Å². The number of rotatable bonds is 5. The molecule has 0 atom stereocenters. The summed E-state index contributed by atoms with van der Waals surface area (Å²) in [6.07, 6.45) is 0. The number of hydrogen-bond donors (Lipinski definition) is 0. The van der Waals surface area contributed by atoms with Gasteiger partial charge in [-0.3, -0.25) is 0 Å². The van der Waals surface area contributed by atoms with Crippen LogP contribution in [0.15, 0.2) is 59.5 Å². The van der Waals surface area contributed by atoms with Crippen LogP contribution in [0, 0.1) is 0 Å². The van der Waals surface area contributed by atoms with Crippen molar-refractivity contribution >= 4 is 39.0 Å². The van der Waals surface area contributed by atoms with Gasteiger partial charge in [-0.2, -0.15) is 4.31 Å². The van der Waals surface area contributed by atoms with Crippen LogP contribution in [0.2, 0.25) is 10.0 Å². The summed E-state index contributed by atoms with van der Waals surface area (Å²) in [5, 5.41) is 9.14. The highest BCUT2D eigenvalue weighted by Crippen LogP contribution is 2.29. The molecule has 0 aliphatic carbocycles. The molecule has 1 aliphatic rings. The maximum absolute atomic E-state index is 13.0. The monoisotopic (exact) mass is 478 g/mol. The Bertz CT molecular complexity index is 1160. The van der Waals surface area contributed by atoms with Crippen molar-refractivity contribution in [3.63, 3.8) is 0 Å². The van der Waals surface area contributed by atoms with Crippen molar-refractivity contribution in [2.75, 3.05) is 38.2 Å². The lowest BCUT2D eigenvalue weighted by Gasteiger charge is -2.34. The first-order valence-corrected chi connectivity index (χ1v) is 11.8. The van der Waals surface area contributed by atoms with Crippen molar-refractivity contribution in [2.45, 2.75) is 4.90 Å². The molecule has 0 amide bonds. The van der Waals surface area contributed by atoms with Gasteiger partial charge in [-0.25, -0.2) is 8.42 Å². The molecule has 162 valence electrons. The van der Waals surface area contributed by atoms with Gasteiger partial charge in [0, 0.05) is 36.8 Å². The van der Waals surface area contributed by atoms with E-state index in [1.54, 1.807) is 13.2 Å². The van der Waals surface area contributed by atoms with Crippen molar-refractivity contribution in [3.05, 3.63) is 64.6 Å². The van der Waals surface area contributed by atoms with E-state index in [9.17, 15) is 8.42 Å². The van der Waals surface area contributed by atoms with Crippen molar-refractivity contribution < 1.29 is 13.2 Å². The SMILES string of the molecule is COc1ccc(-c2ccc(N3CCN(S(=O)(=O)c4cc(Cl)ccc4Cl)CC3)nn2)cc1. The molecule has 0 N–H and O–H groups in total. The summed E-state index contributed by atoms with van der Waals surface area (Å²) in [6.45, 7) is 1.61. The molecule has 3 aromatic rings. The molecular formula is C21H20Cl2N4O3S. The third-order valence-electron chi connectivity index (χ3n) is 5.11. The Labute approximate surface area is 191 Å². The highest BCUT2D eigenvalue weighted by Gasteiger charge is 2.30. The van der Waals surface area contributed by atoms with Gasteiger partial charge in [0.2, 0.25) is 10.0 Å². The number of nitrogens with zero attached hydrogens (tertiary/aromatic N) is 4. The van der Waals surface area contributed by atoms with E-state index in [0.29, 0.717) is 37.0 Å². The molecule has 1 aliphatic heterocycles. The van der Waals surface area contributed by atoms with Crippen LogP contribution in [0.3, 0.4) is 0 Å². The van der Waals surface area contributed by atoms with Crippen LogP contribution in [0.5, 0.6) is 5.75 Å². The highest BCUT2D eigenvalue weighted by atomic mass is 35.5. The second-order valence-corrected chi connectivity index (χ2v) is 9.72. The maximum Gasteiger partial charge on any atom is 0.244 e. The number of aromatic nitrogens is 2. The molecule has 7 nitrogen and oxygen atoms in total. The van der Waals surface area contributed by atoms with Gasteiger partial charge in [0.1, 0.15) is 10.6 Å². The third kappa shape index (κ3) is 4.62. The quantitative estimate of drug-likeness (QED) is 0.552. The summed E-state index contributed by atoms with van der Waals surface area (Å²) in [5.41, 5.74) is 1.69. The summed E-state index contributed by atoms with van der Waals surface area (Å²) >= 11 is 12.1. The minimum Gasteiger partial charge on any atom is -0.497 e. The molecule has 0 bridgehead atoms. The van der Waals surface area contributed by atoms with Crippen LogP contribution in [0.1, 0.15) is 0 Å². The van der Waals surface area contributed by atoms with Gasteiger partial charge in [-0.15, -0.1) is 10.2 Å². The molecule has 2 aromatic carbocycles. The number of ether oxygens (including phenoxy) is 1. The molecule has 0 radical (unpaired) electrons. The van der Waals surface area contributed by atoms with E-state index in [4.69, 9.17) is 27.9 Å². The molecule has 0 saturated carbocycles. The van der Waals surface area contributed by atoms with E-state index in [2.05, 4.69) is 10.2 Å². The largest absolute Gasteiger partial charge is 0.497 e. The average Bonchev–Trinajstić information content (AvgIpc) is 2.81. The van der Waals surface area contributed by atoms with E-state index in [1.807, 2.05) is 41.3 Å². The topological polar surface area (TPSA) is 75.6 Å². The zero-order chi connectivity index (χ0) is 22.0. The Morgan fingerprint density at radius 3 is 2.23 bits per heavy atom. The Morgan fingerprint density at radius 2 is 1.61 bits per heavy atom. The maximum atomic E-state index is 13.0. The van der Waals surface area contributed by atoms with Crippen molar-refractivity contribution in [3.8, 4) is 17.0 Å². The van der Waals surface area contributed by atoms with Crippen molar-refractivity contribution in [1.29, 1.82) is 0 Å². The number of anilines is 1. The Hall–Kier alpha value is -2.39. The lowest BCUT2D eigenvalue weighted by Crippen LogP contribution is -2.49. The van der Waals surface area contributed by atoms with E-state index >= 15 is 0 Å². The van der Waals surface area contributed by atoms with Crippen LogP contribution in [-0.4, -0.2) is 56.2 Å². The number of halogens is 2. The molecule has 31 heavy (non-hydrogen) atoms. The fourth-order valence-electron chi connectivity index (χ4n) is 3.38. The summed E-state index contributed by atoms with van der Waals surface area (Å²) in [6, 6.07) is 15.8. The molecule has 1 fully saturated rings. The Balaban J connectivity index is 1.44. The van der Waals surface area contributed by atoms with Gasteiger partial charge in [0.05, 0.1) is 17.8 Å².